The number of rotatable bonds is 9. The standard InChI is InChI=1S/C18H28O2/c1-4-6-8-10-16-12-11-15(3)14-17(16)18(19)20-13-9-7-5-2/h11-12,14H,4-10,13H2,1-3H3. The van der Waals surface area contributed by atoms with Gasteiger partial charge in [-0.25, -0.2) is 4.79 Å². The number of hydrogen-bond acceptors (Lipinski definition) is 2. The Balaban J connectivity index is 2.64. The summed E-state index contributed by atoms with van der Waals surface area (Å²) in [5, 5.41) is 0. The highest BCUT2D eigenvalue weighted by molar-refractivity contribution is 5.91. The Bertz CT molecular complexity index is 410. The van der Waals surface area contributed by atoms with Crippen LogP contribution in [0.15, 0.2) is 18.2 Å². The van der Waals surface area contributed by atoms with Gasteiger partial charge in [0.05, 0.1) is 12.2 Å². The maximum Gasteiger partial charge on any atom is 0.338 e. The van der Waals surface area contributed by atoms with E-state index < -0.39 is 0 Å². The van der Waals surface area contributed by atoms with Gasteiger partial charge in [0.2, 0.25) is 0 Å². The number of esters is 1. The van der Waals surface area contributed by atoms with Crippen molar-refractivity contribution in [3.05, 3.63) is 34.9 Å². The van der Waals surface area contributed by atoms with Crippen LogP contribution < -0.4 is 0 Å². The van der Waals surface area contributed by atoms with E-state index in [0.717, 1.165) is 48.8 Å². The molecule has 0 radical (unpaired) electrons. The van der Waals surface area contributed by atoms with Gasteiger partial charge in [-0.15, -0.1) is 0 Å². The fourth-order valence-electron chi connectivity index (χ4n) is 2.26. The normalized spacial score (nSPS) is 10.6. The first kappa shape index (κ1) is 16.7. The van der Waals surface area contributed by atoms with E-state index in [4.69, 9.17) is 4.74 Å². The van der Waals surface area contributed by atoms with Crippen molar-refractivity contribution in [2.75, 3.05) is 6.61 Å². The number of carbonyl (C=O) groups excluding carboxylic acids is 1. The molecular formula is C18H28O2. The van der Waals surface area contributed by atoms with Crippen molar-refractivity contribution >= 4 is 5.97 Å². The van der Waals surface area contributed by atoms with E-state index in [1.165, 1.54) is 12.8 Å². The molecule has 0 unspecified atom stereocenters. The molecule has 0 saturated heterocycles. The number of aryl methyl sites for hydroxylation is 2. The number of unbranched alkanes of at least 4 members (excludes halogenated alkanes) is 4. The van der Waals surface area contributed by atoms with Crippen LogP contribution in [-0.4, -0.2) is 12.6 Å². The first-order chi connectivity index (χ1) is 9.69. The number of benzene rings is 1. The summed E-state index contributed by atoms with van der Waals surface area (Å²) in [6.07, 6.45) is 7.72. The molecule has 0 heterocycles. The van der Waals surface area contributed by atoms with Gasteiger partial charge in [-0.2, -0.15) is 0 Å². The van der Waals surface area contributed by atoms with Crippen LogP contribution in [0.2, 0.25) is 0 Å². The van der Waals surface area contributed by atoms with Crippen molar-refractivity contribution in [2.45, 2.75) is 65.7 Å². The fraction of sp³-hybridized carbons (Fsp3) is 0.611. The van der Waals surface area contributed by atoms with Gasteiger partial charge in [0.1, 0.15) is 0 Å². The summed E-state index contributed by atoms with van der Waals surface area (Å²) in [7, 11) is 0. The van der Waals surface area contributed by atoms with Crippen LogP contribution in [0.1, 0.15) is 73.9 Å². The van der Waals surface area contributed by atoms with E-state index in [1.807, 2.05) is 13.0 Å². The summed E-state index contributed by atoms with van der Waals surface area (Å²) >= 11 is 0. The highest BCUT2D eigenvalue weighted by Crippen LogP contribution is 2.16. The van der Waals surface area contributed by atoms with Crippen molar-refractivity contribution < 1.29 is 9.53 Å². The minimum atomic E-state index is -0.156. The molecule has 20 heavy (non-hydrogen) atoms. The summed E-state index contributed by atoms with van der Waals surface area (Å²) in [6.45, 7) is 6.89. The maximum absolute atomic E-state index is 12.2. The van der Waals surface area contributed by atoms with Gasteiger partial charge in [-0.3, -0.25) is 0 Å². The van der Waals surface area contributed by atoms with Crippen LogP contribution >= 0.6 is 0 Å². The Morgan fingerprint density at radius 3 is 2.45 bits per heavy atom. The lowest BCUT2D eigenvalue weighted by Crippen LogP contribution is -2.10. The zero-order valence-corrected chi connectivity index (χ0v) is 13.2. The number of hydrogen-bond donors (Lipinski definition) is 0. The Kier molecular flexibility index (Phi) is 8.01. The van der Waals surface area contributed by atoms with E-state index in [2.05, 4.69) is 26.0 Å². The van der Waals surface area contributed by atoms with E-state index >= 15 is 0 Å². The van der Waals surface area contributed by atoms with Crippen molar-refractivity contribution in [2.24, 2.45) is 0 Å². The highest BCUT2D eigenvalue weighted by Gasteiger charge is 2.12. The SMILES string of the molecule is CCCCCOC(=O)c1cc(C)ccc1CCCCC. The van der Waals surface area contributed by atoms with E-state index in [1.54, 1.807) is 0 Å². The summed E-state index contributed by atoms with van der Waals surface area (Å²) in [5.74, 6) is -0.156. The molecule has 0 aliphatic heterocycles. The number of ether oxygens (including phenoxy) is 1. The fourth-order valence-corrected chi connectivity index (χ4v) is 2.26. The minimum Gasteiger partial charge on any atom is -0.462 e. The van der Waals surface area contributed by atoms with Crippen molar-refractivity contribution in [3.8, 4) is 0 Å². The van der Waals surface area contributed by atoms with Gasteiger partial charge < -0.3 is 4.74 Å². The second kappa shape index (κ2) is 9.57. The number of carbonyl (C=O) groups is 1. The molecule has 1 rings (SSSR count). The molecule has 112 valence electrons. The largest absolute Gasteiger partial charge is 0.462 e. The van der Waals surface area contributed by atoms with Crippen molar-refractivity contribution in [3.63, 3.8) is 0 Å². The third-order valence-electron chi connectivity index (χ3n) is 3.52. The van der Waals surface area contributed by atoms with Crippen LogP contribution in [0.5, 0.6) is 0 Å². The molecule has 0 aromatic heterocycles. The van der Waals surface area contributed by atoms with Crippen molar-refractivity contribution in [1.29, 1.82) is 0 Å². The van der Waals surface area contributed by atoms with Gasteiger partial charge in [0.25, 0.3) is 0 Å². The Hall–Kier alpha value is -1.31. The van der Waals surface area contributed by atoms with Gasteiger partial charge in [0, 0.05) is 0 Å². The van der Waals surface area contributed by atoms with Crippen LogP contribution in [-0.2, 0) is 11.2 Å². The summed E-state index contributed by atoms with van der Waals surface area (Å²) in [4.78, 5) is 12.2. The van der Waals surface area contributed by atoms with E-state index in [0.29, 0.717) is 6.61 Å². The smallest absolute Gasteiger partial charge is 0.338 e. The molecule has 2 heteroatoms. The third-order valence-corrected chi connectivity index (χ3v) is 3.52. The monoisotopic (exact) mass is 276 g/mol. The summed E-state index contributed by atoms with van der Waals surface area (Å²) in [6, 6.07) is 6.12. The molecule has 1 aromatic rings. The average Bonchev–Trinajstić information content (AvgIpc) is 2.45. The third kappa shape index (κ3) is 5.77. The van der Waals surface area contributed by atoms with E-state index in [-0.39, 0.29) is 5.97 Å². The lowest BCUT2D eigenvalue weighted by molar-refractivity contribution is 0.0496. The van der Waals surface area contributed by atoms with Gasteiger partial charge in [-0.05, 0) is 37.8 Å². The van der Waals surface area contributed by atoms with Crippen molar-refractivity contribution in [1.82, 2.24) is 0 Å². The predicted octanol–water partition coefficient (Wildman–Crippen LogP) is 5.07. The first-order valence-corrected chi connectivity index (χ1v) is 7.95. The molecule has 1 aromatic carbocycles. The molecule has 0 saturated carbocycles. The quantitative estimate of drug-likeness (QED) is 0.464. The zero-order valence-electron chi connectivity index (χ0n) is 13.2. The molecule has 0 aliphatic rings. The van der Waals surface area contributed by atoms with Gasteiger partial charge in [0.15, 0.2) is 0 Å². The second-order valence-electron chi connectivity index (χ2n) is 5.46. The highest BCUT2D eigenvalue weighted by atomic mass is 16.5. The lowest BCUT2D eigenvalue weighted by atomic mass is 9.99. The van der Waals surface area contributed by atoms with Crippen LogP contribution in [0.4, 0.5) is 0 Å². The molecule has 0 fully saturated rings. The van der Waals surface area contributed by atoms with Crippen LogP contribution in [0.25, 0.3) is 0 Å². The maximum atomic E-state index is 12.2. The topological polar surface area (TPSA) is 26.3 Å². The molecule has 0 N–H and O–H groups in total. The van der Waals surface area contributed by atoms with Crippen LogP contribution in [0.3, 0.4) is 0 Å². The Labute approximate surface area is 123 Å². The predicted molar refractivity (Wildman–Crippen MR) is 84.2 cm³/mol. The molecule has 0 atom stereocenters. The molecule has 0 aliphatic carbocycles. The zero-order chi connectivity index (χ0) is 14.8. The van der Waals surface area contributed by atoms with Gasteiger partial charge in [-0.1, -0.05) is 57.2 Å². The average molecular weight is 276 g/mol. The summed E-state index contributed by atoms with van der Waals surface area (Å²) in [5.41, 5.74) is 3.01. The first-order valence-electron chi connectivity index (χ1n) is 7.95. The van der Waals surface area contributed by atoms with Crippen LogP contribution in [0, 0.1) is 6.92 Å². The molecule has 0 bridgehead atoms. The molecule has 0 spiro atoms. The minimum absolute atomic E-state index is 0.156. The van der Waals surface area contributed by atoms with Gasteiger partial charge >= 0.3 is 5.97 Å². The lowest BCUT2D eigenvalue weighted by Gasteiger charge is -2.10. The van der Waals surface area contributed by atoms with E-state index in [9.17, 15) is 4.79 Å². The Morgan fingerprint density at radius 1 is 1.05 bits per heavy atom. The Morgan fingerprint density at radius 2 is 1.75 bits per heavy atom. The second-order valence-corrected chi connectivity index (χ2v) is 5.46. The molecule has 0 amide bonds. The molecular weight excluding hydrogens is 248 g/mol. The molecule has 2 nitrogen and oxygen atoms in total. The summed E-state index contributed by atoms with van der Waals surface area (Å²) < 4.78 is 5.39.